The fourth-order valence-corrected chi connectivity index (χ4v) is 5.63. The van der Waals surface area contributed by atoms with Crippen molar-refractivity contribution in [1.82, 2.24) is 0 Å². The molecule has 4 heteroatoms. The second-order valence-corrected chi connectivity index (χ2v) is 9.11. The van der Waals surface area contributed by atoms with Gasteiger partial charge >= 0.3 is 0 Å². The average molecular weight is 334 g/mol. The van der Waals surface area contributed by atoms with Gasteiger partial charge in [-0.15, -0.1) is 6.58 Å². The summed E-state index contributed by atoms with van der Waals surface area (Å²) in [6, 6.07) is 0. The molecule has 0 saturated heterocycles. The molecule has 0 radical (unpaired) electrons. The van der Waals surface area contributed by atoms with Gasteiger partial charge in [-0.25, -0.2) is 0 Å². The van der Waals surface area contributed by atoms with Crippen LogP contribution in [0.1, 0.15) is 53.4 Å². The quantitative estimate of drug-likeness (QED) is 0.644. The van der Waals surface area contributed by atoms with E-state index < -0.39 is 35.1 Å². The van der Waals surface area contributed by atoms with Crippen molar-refractivity contribution < 1.29 is 20.1 Å². The zero-order chi connectivity index (χ0) is 18.1. The summed E-state index contributed by atoms with van der Waals surface area (Å²) in [5.41, 5.74) is -0.236. The average Bonchev–Trinajstić information content (AvgIpc) is 2.52. The normalized spacial score (nSPS) is 47.9. The number of Topliss-reactive ketones (excluding diaryl/α,β-unsaturated/α-hetero) is 1. The van der Waals surface area contributed by atoms with Crippen LogP contribution in [-0.4, -0.2) is 39.4 Å². The number of carbonyl (C=O) groups is 1. The third-order valence-corrected chi connectivity index (χ3v) is 7.28. The number of hydrogen-bond acceptors (Lipinski definition) is 4. The smallest absolute Gasteiger partial charge is 0.170 e. The molecule has 6 atom stereocenters. The Kier molecular flexibility index (Phi) is 3.91. The highest BCUT2D eigenvalue weighted by Crippen LogP contribution is 2.61. The molecular weight excluding hydrogens is 304 g/mol. The third kappa shape index (κ3) is 2.06. The Hall–Kier alpha value is -0.970. The second-order valence-electron chi connectivity index (χ2n) is 9.11. The zero-order valence-electron chi connectivity index (χ0n) is 15.2. The molecule has 4 nitrogen and oxygen atoms in total. The van der Waals surface area contributed by atoms with Gasteiger partial charge in [0, 0.05) is 16.7 Å². The van der Waals surface area contributed by atoms with E-state index >= 15 is 0 Å². The largest absolute Gasteiger partial charge is 0.392 e. The van der Waals surface area contributed by atoms with Gasteiger partial charge in [0.1, 0.15) is 6.10 Å². The fraction of sp³-hybridized carbons (Fsp3) is 0.750. The minimum absolute atomic E-state index is 0.257. The molecule has 24 heavy (non-hydrogen) atoms. The minimum Gasteiger partial charge on any atom is -0.392 e. The van der Waals surface area contributed by atoms with E-state index in [1.54, 1.807) is 6.08 Å². The number of aliphatic hydroxyl groups excluding tert-OH is 3. The zero-order valence-corrected chi connectivity index (χ0v) is 15.2. The lowest BCUT2D eigenvalue weighted by atomic mass is 9.46. The van der Waals surface area contributed by atoms with Crippen LogP contribution in [0.2, 0.25) is 0 Å². The predicted molar refractivity (Wildman–Crippen MR) is 92.2 cm³/mol. The van der Waals surface area contributed by atoms with Crippen molar-refractivity contribution >= 4 is 5.78 Å². The summed E-state index contributed by atoms with van der Waals surface area (Å²) in [5.74, 6) is -0.685. The van der Waals surface area contributed by atoms with Crippen LogP contribution in [0.3, 0.4) is 0 Å². The summed E-state index contributed by atoms with van der Waals surface area (Å²) in [6.45, 7) is 11.8. The van der Waals surface area contributed by atoms with E-state index in [1.807, 2.05) is 27.7 Å². The number of carbonyl (C=O) groups excluding carboxylic acids is 1. The van der Waals surface area contributed by atoms with Crippen LogP contribution in [0, 0.1) is 22.2 Å². The number of fused-ring (bicyclic) bond motifs is 2. The van der Waals surface area contributed by atoms with Crippen molar-refractivity contribution in [2.45, 2.75) is 71.7 Å². The van der Waals surface area contributed by atoms with Crippen molar-refractivity contribution in [2.24, 2.45) is 22.2 Å². The summed E-state index contributed by atoms with van der Waals surface area (Å²) in [6.07, 6.45) is 1.63. The van der Waals surface area contributed by atoms with E-state index in [4.69, 9.17) is 0 Å². The molecule has 134 valence electrons. The molecule has 0 heterocycles. The van der Waals surface area contributed by atoms with Crippen LogP contribution in [0.5, 0.6) is 0 Å². The maximum Gasteiger partial charge on any atom is 0.170 e. The monoisotopic (exact) mass is 334 g/mol. The number of hydrogen-bond donors (Lipinski definition) is 3. The Morgan fingerprint density at radius 2 is 1.75 bits per heavy atom. The summed E-state index contributed by atoms with van der Waals surface area (Å²) in [5, 5.41) is 32.5. The highest BCUT2D eigenvalue weighted by Gasteiger charge is 2.62. The number of aliphatic hydroxyl groups is 3. The molecule has 0 bridgehead atoms. The van der Waals surface area contributed by atoms with Crippen molar-refractivity contribution in [3.63, 3.8) is 0 Å². The van der Waals surface area contributed by atoms with Crippen molar-refractivity contribution in [3.05, 3.63) is 23.8 Å². The fourth-order valence-electron chi connectivity index (χ4n) is 5.63. The topological polar surface area (TPSA) is 77.8 Å². The molecule has 0 aliphatic heterocycles. The highest BCUT2D eigenvalue weighted by atomic mass is 16.3. The van der Waals surface area contributed by atoms with E-state index in [2.05, 4.69) is 6.58 Å². The van der Waals surface area contributed by atoms with Gasteiger partial charge in [0.05, 0.1) is 12.2 Å². The van der Waals surface area contributed by atoms with Gasteiger partial charge in [-0.1, -0.05) is 39.3 Å². The Bertz CT molecular complexity index is 619. The first-order chi connectivity index (χ1) is 11.0. The van der Waals surface area contributed by atoms with Crippen LogP contribution in [0.15, 0.2) is 23.8 Å². The molecule has 1 saturated carbocycles. The Balaban J connectivity index is 2.23. The third-order valence-electron chi connectivity index (χ3n) is 7.28. The Morgan fingerprint density at radius 1 is 1.12 bits per heavy atom. The lowest BCUT2D eigenvalue weighted by Gasteiger charge is -2.59. The van der Waals surface area contributed by atoms with E-state index in [1.165, 1.54) is 0 Å². The van der Waals surface area contributed by atoms with E-state index in [-0.39, 0.29) is 11.2 Å². The Morgan fingerprint density at radius 3 is 2.33 bits per heavy atom. The van der Waals surface area contributed by atoms with E-state index in [9.17, 15) is 20.1 Å². The first kappa shape index (κ1) is 17.8. The van der Waals surface area contributed by atoms with Gasteiger partial charge in [0.15, 0.2) is 5.78 Å². The summed E-state index contributed by atoms with van der Waals surface area (Å²) in [7, 11) is 0. The molecule has 0 amide bonds. The van der Waals surface area contributed by atoms with Crippen LogP contribution in [-0.2, 0) is 4.79 Å². The van der Waals surface area contributed by atoms with Crippen LogP contribution in [0.4, 0.5) is 0 Å². The summed E-state index contributed by atoms with van der Waals surface area (Å²) < 4.78 is 0. The summed E-state index contributed by atoms with van der Waals surface area (Å²) >= 11 is 0. The first-order valence-corrected chi connectivity index (χ1v) is 8.95. The molecule has 1 fully saturated rings. The molecule has 0 unspecified atom stereocenters. The van der Waals surface area contributed by atoms with Crippen molar-refractivity contribution in [1.29, 1.82) is 0 Å². The second kappa shape index (κ2) is 5.26. The standard InChI is InChI=1S/C20H30O4/c1-6-19(4)10-7-11-13(17(19)24)14(22)15(23)16-18(2,3)9-8-12(21)20(11,16)5/h6,12,14,16-17,21-22,24H,1,7-10H2,2-5H3/t12-,14-,16+,17-,19+,20+/m1/s1. The Labute approximate surface area is 144 Å². The van der Waals surface area contributed by atoms with Crippen LogP contribution in [0.25, 0.3) is 0 Å². The SMILES string of the molecule is C=C[C@@]1(C)CCC2=C([C@@H](O)C(=O)[C@H]3C(C)(C)CC[C@@H](O)[C@]23C)[C@H]1O. The van der Waals surface area contributed by atoms with Gasteiger partial charge in [-0.3, -0.25) is 4.79 Å². The van der Waals surface area contributed by atoms with Gasteiger partial charge in [-0.2, -0.15) is 0 Å². The first-order valence-electron chi connectivity index (χ1n) is 8.95. The maximum absolute atomic E-state index is 13.1. The predicted octanol–water partition coefficient (Wildman–Crippen LogP) is 2.38. The van der Waals surface area contributed by atoms with Crippen molar-refractivity contribution in [2.75, 3.05) is 0 Å². The molecule has 0 spiro atoms. The number of ketones is 1. The van der Waals surface area contributed by atoms with Crippen LogP contribution < -0.4 is 0 Å². The lowest BCUT2D eigenvalue weighted by Crippen LogP contribution is -2.62. The molecule has 0 aromatic heterocycles. The van der Waals surface area contributed by atoms with Gasteiger partial charge in [-0.05, 0) is 36.7 Å². The minimum atomic E-state index is -1.28. The van der Waals surface area contributed by atoms with Gasteiger partial charge < -0.3 is 15.3 Å². The van der Waals surface area contributed by atoms with E-state index in [0.29, 0.717) is 24.8 Å². The van der Waals surface area contributed by atoms with Crippen molar-refractivity contribution in [3.8, 4) is 0 Å². The lowest BCUT2D eigenvalue weighted by molar-refractivity contribution is -0.157. The molecule has 3 aliphatic carbocycles. The molecule has 3 N–H and O–H groups in total. The molecule has 3 rings (SSSR count). The maximum atomic E-state index is 13.1. The van der Waals surface area contributed by atoms with Crippen LogP contribution >= 0.6 is 0 Å². The molecule has 0 aromatic rings. The van der Waals surface area contributed by atoms with Gasteiger partial charge in [0.2, 0.25) is 0 Å². The molecule has 3 aliphatic rings. The molecular formula is C20H30O4. The van der Waals surface area contributed by atoms with Gasteiger partial charge in [0.25, 0.3) is 0 Å². The number of rotatable bonds is 1. The molecule has 0 aromatic carbocycles. The highest BCUT2D eigenvalue weighted by molar-refractivity contribution is 5.92. The van der Waals surface area contributed by atoms with E-state index in [0.717, 1.165) is 12.0 Å². The summed E-state index contributed by atoms with van der Waals surface area (Å²) in [4.78, 5) is 13.1.